The smallest absolute Gasteiger partial charge is 0.119 e. The van der Waals surface area contributed by atoms with Crippen molar-refractivity contribution in [1.82, 2.24) is 4.90 Å². The van der Waals surface area contributed by atoms with Gasteiger partial charge in [-0.15, -0.1) is 0 Å². The van der Waals surface area contributed by atoms with Gasteiger partial charge in [-0.3, -0.25) is 4.90 Å². The van der Waals surface area contributed by atoms with Crippen molar-refractivity contribution in [3.8, 4) is 5.75 Å². The van der Waals surface area contributed by atoms with Crippen LogP contribution in [0.1, 0.15) is 12.8 Å². The second kappa shape index (κ2) is 6.45. The molecule has 0 atom stereocenters. The number of hydrogen-bond donors (Lipinski definition) is 0. The third kappa shape index (κ3) is 3.94. The Morgan fingerprint density at radius 2 is 1.88 bits per heavy atom. The third-order valence-electron chi connectivity index (χ3n) is 2.94. The molecule has 1 aliphatic rings. The lowest BCUT2D eigenvalue weighted by atomic mass is 10.1. The maximum atomic E-state index is 5.69. The van der Waals surface area contributed by atoms with Crippen molar-refractivity contribution in [1.29, 1.82) is 0 Å². The first kappa shape index (κ1) is 12.2. The molecule has 1 aromatic rings. The maximum absolute atomic E-state index is 5.69. The zero-order valence-corrected chi connectivity index (χ0v) is 11.6. The van der Waals surface area contributed by atoms with E-state index < -0.39 is 0 Å². The first-order valence-corrected chi connectivity index (χ1v) is 7.13. The molecule has 0 bridgehead atoms. The second-order valence-electron chi connectivity index (χ2n) is 4.18. The van der Waals surface area contributed by atoms with Crippen LogP contribution in [0.25, 0.3) is 0 Å². The lowest BCUT2D eigenvalue weighted by molar-refractivity contribution is 0.187. The predicted molar refractivity (Wildman–Crippen MR) is 75.4 cm³/mol. The van der Waals surface area contributed by atoms with E-state index >= 15 is 0 Å². The van der Waals surface area contributed by atoms with Gasteiger partial charge in [-0.1, -0.05) is 40.8 Å². The highest BCUT2D eigenvalue weighted by atomic mass is 127. The van der Waals surface area contributed by atoms with Gasteiger partial charge in [-0.25, -0.2) is 0 Å². The number of hydrogen-bond acceptors (Lipinski definition) is 2. The molecular weight excluding hydrogens is 313 g/mol. The number of alkyl halides is 1. The molecule has 0 saturated carbocycles. The molecule has 1 saturated heterocycles. The number of para-hydroxylation sites is 1. The van der Waals surface area contributed by atoms with Crippen LogP contribution in [-0.4, -0.2) is 35.1 Å². The molecule has 16 heavy (non-hydrogen) atoms. The normalized spacial score (nSPS) is 18.6. The highest BCUT2D eigenvalue weighted by Gasteiger charge is 2.15. The van der Waals surface area contributed by atoms with Crippen LogP contribution in [0.2, 0.25) is 0 Å². The fraction of sp³-hybridized carbons (Fsp3) is 0.538. The van der Waals surface area contributed by atoms with Crippen LogP contribution in [0.15, 0.2) is 30.3 Å². The highest BCUT2D eigenvalue weighted by molar-refractivity contribution is 14.1. The maximum Gasteiger partial charge on any atom is 0.119 e. The standard InChI is InChI=1S/C13H18INO/c14-12-6-8-15(9-7-12)10-11-16-13-4-2-1-3-5-13/h1-5,12H,6-11H2. The van der Waals surface area contributed by atoms with E-state index in [0.29, 0.717) is 0 Å². The number of ether oxygens (including phenoxy) is 1. The van der Waals surface area contributed by atoms with Gasteiger partial charge < -0.3 is 4.74 Å². The molecule has 2 rings (SSSR count). The average molecular weight is 331 g/mol. The Labute approximate surface area is 111 Å². The number of rotatable bonds is 4. The Morgan fingerprint density at radius 3 is 2.56 bits per heavy atom. The number of piperidine rings is 1. The molecule has 2 nitrogen and oxygen atoms in total. The summed E-state index contributed by atoms with van der Waals surface area (Å²) in [7, 11) is 0. The summed E-state index contributed by atoms with van der Waals surface area (Å²) in [5.41, 5.74) is 0. The second-order valence-corrected chi connectivity index (χ2v) is 5.94. The third-order valence-corrected chi connectivity index (χ3v) is 4.18. The van der Waals surface area contributed by atoms with Crippen LogP contribution < -0.4 is 4.74 Å². The van der Waals surface area contributed by atoms with Gasteiger partial charge in [0.25, 0.3) is 0 Å². The first-order chi connectivity index (χ1) is 7.84. The summed E-state index contributed by atoms with van der Waals surface area (Å²) in [6.45, 7) is 4.31. The van der Waals surface area contributed by atoms with Crippen LogP contribution in [0, 0.1) is 0 Å². The SMILES string of the molecule is IC1CCN(CCOc2ccccc2)CC1. The van der Waals surface area contributed by atoms with Crippen molar-refractivity contribution in [3.05, 3.63) is 30.3 Å². The van der Waals surface area contributed by atoms with Crippen molar-refractivity contribution in [2.75, 3.05) is 26.2 Å². The zero-order chi connectivity index (χ0) is 11.2. The van der Waals surface area contributed by atoms with Gasteiger partial charge in [-0.05, 0) is 38.1 Å². The van der Waals surface area contributed by atoms with Crippen molar-refractivity contribution < 1.29 is 4.74 Å². The molecule has 1 heterocycles. The molecule has 0 radical (unpaired) electrons. The van der Waals surface area contributed by atoms with Crippen LogP contribution in [0.3, 0.4) is 0 Å². The van der Waals surface area contributed by atoms with Crippen molar-refractivity contribution in [3.63, 3.8) is 0 Å². The largest absolute Gasteiger partial charge is 0.492 e. The van der Waals surface area contributed by atoms with Crippen molar-refractivity contribution >= 4 is 22.6 Å². The monoisotopic (exact) mass is 331 g/mol. The number of nitrogens with zero attached hydrogens (tertiary/aromatic N) is 1. The molecule has 1 aromatic carbocycles. The number of benzene rings is 1. The van der Waals surface area contributed by atoms with Gasteiger partial charge >= 0.3 is 0 Å². The zero-order valence-electron chi connectivity index (χ0n) is 9.44. The Morgan fingerprint density at radius 1 is 1.19 bits per heavy atom. The van der Waals surface area contributed by atoms with Crippen LogP contribution in [0.4, 0.5) is 0 Å². The van der Waals surface area contributed by atoms with E-state index in [1.54, 1.807) is 0 Å². The lowest BCUT2D eigenvalue weighted by Crippen LogP contribution is -2.36. The van der Waals surface area contributed by atoms with Gasteiger partial charge in [0.1, 0.15) is 12.4 Å². The quantitative estimate of drug-likeness (QED) is 0.621. The van der Waals surface area contributed by atoms with E-state index in [0.717, 1.165) is 22.8 Å². The Bertz CT molecular complexity index is 296. The Hall–Kier alpha value is -0.290. The molecule has 0 spiro atoms. The van der Waals surface area contributed by atoms with Gasteiger partial charge in [0, 0.05) is 10.5 Å². The van der Waals surface area contributed by atoms with Gasteiger partial charge in [-0.2, -0.15) is 0 Å². The molecule has 0 aromatic heterocycles. The van der Waals surface area contributed by atoms with E-state index in [-0.39, 0.29) is 0 Å². The molecule has 0 aliphatic carbocycles. The molecule has 0 amide bonds. The number of halogens is 1. The van der Waals surface area contributed by atoms with Crippen molar-refractivity contribution in [2.24, 2.45) is 0 Å². The van der Waals surface area contributed by atoms with Gasteiger partial charge in [0.2, 0.25) is 0 Å². The summed E-state index contributed by atoms with van der Waals surface area (Å²) in [5, 5.41) is 0. The van der Waals surface area contributed by atoms with E-state index in [9.17, 15) is 0 Å². The summed E-state index contributed by atoms with van der Waals surface area (Å²) >= 11 is 2.56. The first-order valence-electron chi connectivity index (χ1n) is 5.89. The topological polar surface area (TPSA) is 12.5 Å². The van der Waals surface area contributed by atoms with E-state index in [2.05, 4.69) is 27.5 Å². The van der Waals surface area contributed by atoms with Crippen LogP contribution in [-0.2, 0) is 0 Å². The Balaban J connectivity index is 1.65. The summed E-state index contributed by atoms with van der Waals surface area (Å²) in [4.78, 5) is 2.50. The molecule has 0 N–H and O–H groups in total. The summed E-state index contributed by atoms with van der Waals surface area (Å²) < 4.78 is 6.57. The van der Waals surface area contributed by atoms with E-state index in [1.807, 2.05) is 30.3 Å². The van der Waals surface area contributed by atoms with E-state index in [4.69, 9.17) is 4.74 Å². The van der Waals surface area contributed by atoms with E-state index in [1.165, 1.54) is 25.9 Å². The predicted octanol–water partition coefficient (Wildman–Crippen LogP) is 2.96. The summed E-state index contributed by atoms with van der Waals surface area (Å²) in [5.74, 6) is 0.978. The minimum Gasteiger partial charge on any atom is -0.492 e. The summed E-state index contributed by atoms with van der Waals surface area (Å²) in [6, 6.07) is 10.1. The van der Waals surface area contributed by atoms with Gasteiger partial charge in [0.15, 0.2) is 0 Å². The lowest BCUT2D eigenvalue weighted by Gasteiger charge is -2.29. The molecule has 3 heteroatoms. The minimum absolute atomic E-state index is 0.802. The fourth-order valence-electron chi connectivity index (χ4n) is 1.93. The molecule has 88 valence electrons. The molecule has 1 fully saturated rings. The van der Waals surface area contributed by atoms with Crippen molar-refractivity contribution in [2.45, 2.75) is 16.8 Å². The van der Waals surface area contributed by atoms with Crippen LogP contribution in [0.5, 0.6) is 5.75 Å². The highest BCUT2D eigenvalue weighted by Crippen LogP contribution is 2.17. The summed E-state index contributed by atoms with van der Waals surface area (Å²) in [6.07, 6.45) is 2.65. The molecule has 1 aliphatic heterocycles. The molecule has 0 unspecified atom stereocenters. The fourth-order valence-corrected chi connectivity index (χ4v) is 2.49. The average Bonchev–Trinajstić information content (AvgIpc) is 2.33. The number of likely N-dealkylation sites (tertiary alicyclic amines) is 1. The molecular formula is C13H18INO. The van der Waals surface area contributed by atoms with Gasteiger partial charge in [0.05, 0.1) is 0 Å². The Kier molecular flexibility index (Phi) is 4.91. The van der Waals surface area contributed by atoms with Crippen LogP contribution >= 0.6 is 22.6 Å². The minimum atomic E-state index is 0.802.